The van der Waals surface area contributed by atoms with E-state index in [1.54, 1.807) is 13.8 Å². The van der Waals surface area contributed by atoms with Crippen LogP contribution in [0.5, 0.6) is 0 Å². The van der Waals surface area contributed by atoms with Crippen molar-refractivity contribution < 1.29 is 23.5 Å². The summed E-state index contributed by atoms with van der Waals surface area (Å²) in [5, 5.41) is 0. The molecule has 0 spiro atoms. The molecule has 146 valence electrons. The Balaban J connectivity index is 1.77. The Bertz CT molecular complexity index is 1000. The molecule has 0 saturated carbocycles. The van der Waals surface area contributed by atoms with Gasteiger partial charge in [-0.2, -0.15) is 0 Å². The quantitative estimate of drug-likeness (QED) is 0.648. The van der Waals surface area contributed by atoms with Crippen LogP contribution in [0.15, 0.2) is 34.7 Å². The number of carbonyl (C=O) groups is 2. The van der Waals surface area contributed by atoms with E-state index in [2.05, 4.69) is 9.97 Å². The van der Waals surface area contributed by atoms with Gasteiger partial charge in [0.25, 0.3) is 0 Å². The predicted octanol–water partition coefficient (Wildman–Crippen LogP) is 3.99. The molecule has 28 heavy (non-hydrogen) atoms. The van der Waals surface area contributed by atoms with Crippen molar-refractivity contribution in [3.8, 4) is 11.5 Å². The molecule has 0 unspecified atom stereocenters. The SMILES string of the molecule is CCc1[nH]c(C(=O)OCc2nc(-c3ccccc3)oc2C)c(C)c1C(=O)OC. The second-order valence-electron chi connectivity index (χ2n) is 6.29. The van der Waals surface area contributed by atoms with Crippen LogP contribution in [-0.4, -0.2) is 29.0 Å². The van der Waals surface area contributed by atoms with E-state index in [4.69, 9.17) is 13.9 Å². The van der Waals surface area contributed by atoms with Crippen molar-refractivity contribution in [3.63, 3.8) is 0 Å². The number of methoxy groups -OCH3 is 1. The Kier molecular flexibility index (Phi) is 5.63. The first-order valence-electron chi connectivity index (χ1n) is 8.94. The monoisotopic (exact) mass is 382 g/mol. The molecule has 2 aromatic heterocycles. The minimum Gasteiger partial charge on any atom is -0.465 e. The van der Waals surface area contributed by atoms with E-state index in [-0.39, 0.29) is 12.3 Å². The highest BCUT2D eigenvalue weighted by Crippen LogP contribution is 2.24. The maximum absolute atomic E-state index is 12.6. The zero-order chi connectivity index (χ0) is 20.3. The van der Waals surface area contributed by atoms with Crippen LogP contribution in [-0.2, 0) is 22.5 Å². The van der Waals surface area contributed by atoms with Crippen molar-refractivity contribution in [3.05, 3.63) is 64.3 Å². The van der Waals surface area contributed by atoms with Gasteiger partial charge >= 0.3 is 11.9 Å². The molecule has 0 aliphatic rings. The number of ether oxygens (including phenoxy) is 2. The molecule has 0 radical (unpaired) electrons. The Morgan fingerprint density at radius 2 is 1.86 bits per heavy atom. The van der Waals surface area contributed by atoms with Crippen LogP contribution in [0, 0.1) is 13.8 Å². The van der Waals surface area contributed by atoms with E-state index in [0.717, 1.165) is 5.56 Å². The van der Waals surface area contributed by atoms with Gasteiger partial charge in [0.15, 0.2) is 0 Å². The average molecular weight is 382 g/mol. The van der Waals surface area contributed by atoms with Crippen molar-refractivity contribution in [2.24, 2.45) is 0 Å². The minimum atomic E-state index is -0.564. The lowest BCUT2D eigenvalue weighted by atomic mass is 10.1. The molecule has 7 nitrogen and oxygen atoms in total. The van der Waals surface area contributed by atoms with Gasteiger partial charge in [0.2, 0.25) is 5.89 Å². The van der Waals surface area contributed by atoms with Crippen molar-refractivity contribution in [2.75, 3.05) is 7.11 Å². The van der Waals surface area contributed by atoms with Gasteiger partial charge in [0.05, 0.1) is 12.7 Å². The maximum Gasteiger partial charge on any atom is 0.355 e. The Morgan fingerprint density at radius 3 is 2.50 bits per heavy atom. The largest absolute Gasteiger partial charge is 0.465 e. The van der Waals surface area contributed by atoms with Crippen LogP contribution in [0.1, 0.15) is 50.5 Å². The Morgan fingerprint density at radius 1 is 1.14 bits per heavy atom. The summed E-state index contributed by atoms with van der Waals surface area (Å²) in [6, 6.07) is 9.49. The highest BCUT2D eigenvalue weighted by molar-refractivity contribution is 5.98. The van der Waals surface area contributed by atoms with E-state index >= 15 is 0 Å². The molecular weight excluding hydrogens is 360 g/mol. The van der Waals surface area contributed by atoms with Crippen molar-refractivity contribution in [1.82, 2.24) is 9.97 Å². The van der Waals surface area contributed by atoms with E-state index in [1.807, 2.05) is 37.3 Å². The van der Waals surface area contributed by atoms with Gasteiger partial charge in [-0.1, -0.05) is 25.1 Å². The molecule has 0 amide bonds. The molecule has 1 N–H and O–H groups in total. The zero-order valence-electron chi connectivity index (χ0n) is 16.3. The lowest BCUT2D eigenvalue weighted by molar-refractivity contribution is 0.0459. The number of aryl methyl sites for hydroxylation is 2. The Hall–Kier alpha value is -3.35. The lowest BCUT2D eigenvalue weighted by Crippen LogP contribution is -2.09. The minimum absolute atomic E-state index is 0.0333. The van der Waals surface area contributed by atoms with Gasteiger partial charge < -0.3 is 18.9 Å². The lowest BCUT2D eigenvalue weighted by Gasteiger charge is -2.03. The number of hydrogen-bond acceptors (Lipinski definition) is 6. The number of esters is 2. The number of H-pyrrole nitrogens is 1. The Labute approximate surface area is 162 Å². The van der Waals surface area contributed by atoms with Crippen molar-refractivity contribution in [1.29, 1.82) is 0 Å². The number of oxazole rings is 1. The van der Waals surface area contributed by atoms with Crippen LogP contribution in [0.2, 0.25) is 0 Å². The van der Waals surface area contributed by atoms with E-state index in [1.165, 1.54) is 7.11 Å². The molecule has 0 aliphatic carbocycles. The van der Waals surface area contributed by atoms with Gasteiger partial charge in [0, 0.05) is 11.3 Å². The maximum atomic E-state index is 12.6. The van der Waals surface area contributed by atoms with Crippen molar-refractivity contribution in [2.45, 2.75) is 33.8 Å². The summed E-state index contributed by atoms with van der Waals surface area (Å²) in [6.07, 6.45) is 0.557. The van der Waals surface area contributed by atoms with Crippen LogP contribution in [0.3, 0.4) is 0 Å². The average Bonchev–Trinajstić information content (AvgIpc) is 3.25. The summed E-state index contributed by atoms with van der Waals surface area (Å²) in [6.45, 7) is 5.31. The fraction of sp³-hybridized carbons (Fsp3) is 0.286. The molecule has 1 aromatic carbocycles. The third-order valence-electron chi connectivity index (χ3n) is 4.53. The number of nitrogens with zero attached hydrogens (tertiary/aromatic N) is 1. The molecule has 0 saturated heterocycles. The van der Waals surface area contributed by atoms with Crippen LogP contribution in [0.4, 0.5) is 0 Å². The van der Waals surface area contributed by atoms with Gasteiger partial charge in [0.1, 0.15) is 23.8 Å². The first-order chi connectivity index (χ1) is 13.5. The van der Waals surface area contributed by atoms with Crippen LogP contribution in [0.25, 0.3) is 11.5 Å². The predicted molar refractivity (Wildman–Crippen MR) is 102 cm³/mol. The molecule has 0 atom stereocenters. The van der Waals surface area contributed by atoms with E-state index < -0.39 is 11.9 Å². The normalized spacial score (nSPS) is 10.7. The fourth-order valence-electron chi connectivity index (χ4n) is 2.98. The fourth-order valence-corrected chi connectivity index (χ4v) is 2.98. The van der Waals surface area contributed by atoms with E-state index in [9.17, 15) is 9.59 Å². The molecule has 0 bridgehead atoms. The number of hydrogen-bond donors (Lipinski definition) is 1. The molecular formula is C21H22N2O5. The van der Waals surface area contributed by atoms with Gasteiger partial charge in [-0.05, 0) is 38.0 Å². The molecule has 3 aromatic rings. The number of rotatable bonds is 6. The summed E-state index contributed by atoms with van der Waals surface area (Å²) >= 11 is 0. The third-order valence-corrected chi connectivity index (χ3v) is 4.53. The first-order valence-corrected chi connectivity index (χ1v) is 8.94. The smallest absolute Gasteiger partial charge is 0.355 e. The van der Waals surface area contributed by atoms with Gasteiger partial charge in [-0.3, -0.25) is 0 Å². The number of aromatic amines is 1. The molecule has 7 heteroatoms. The number of carbonyl (C=O) groups excluding carboxylic acids is 2. The number of benzene rings is 1. The zero-order valence-corrected chi connectivity index (χ0v) is 16.3. The summed E-state index contributed by atoms with van der Waals surface area (Å²) in [5.74, 6) is 0.0105. The van der Waals surface area contributed by atoms with E-state index in [0.29, 0.717) is 40.6 Å². The second kappa shape index (κ2) is 8.12. The highest BCUT2D eigenvalue weighted by atomic mass is 16.5. The highest BCUT2D eigenvalue weighted by Gasteiger charge is 2.25. The first kappa shape index (κ1) is 19.4. The van der Waals surface area contributed by atoms with Crippen LogP contribution >= 0.6 is 0 Å². The van der Waals surface area contributed by atoms with Crippen molar-refractivity contribution >= 4 is 11.9 Å². The molecule has 0 aliphatic heterocycles. The van der Waals surface area contributed by atoms with Crippen LogP contribution < -0.4 is 0 Å². The topological polar surface area (TPSA) is 94.4 Å². The standard InChI is InChI=1S/C21H22N2O5/c1-5-15-17(20(24)26-4)12(2)18(22-15)21(25)27-11-16-13(3)28-19(23-16)14-9-7-6-8-10-14/h6-10,22H,5,11H2,1-4H3. The summed E-state index contributed by atoms with van der Waals surface area (Å²) < 4.78 is 15.9. The second-order valence-corrected chi connectivity index (χ2v) is 6.29. The molecule has 2 heterocycles. The number of aromatic nitrogens is 2. The third kappa shape index (κ3) is 3.69. The number of nitrogens with one attached hydrogen (secondary N) is 1. The van der Waals surface area contributed by atoms with Gasteiger partial charge in [-0.25, -0.2) is 14.6 Å². The summed E-state index contributed by atoms with van der Waals surface area (Å²) in [7, 11) is 1.31. The van der Waals surface area contributed by atoms with Gasteiger partial charge in [-0.15, -0.1) is 0 Å². The summed E-state index contributed by atoms with van der Waals surface area (Å²) in [4.78, 5) is 31.9. The molecule has 3 rings (SSSR count). The molecule has 0 fully saturated rings. The summed E-state index contributed by atoms with van der Waals surface area (Å²) in [5.41, 5.74) is 3.15.